The van der Waals surface area contributed by atoms with Crippen molar-refractivity contribution in [3.63, 3.8) is 0 Å². The standard InChI is InChI=1S/C50H56N2O2.2CH3.Zr/c1-47(2,3)31-27-37(45(53)39(29-31)49(7,8)9)33-19-13-15-21-35(33)41-23-17-25-43(51-41)44-26-18-24-42(52-44)36-22-16-14-20-34(36)38-28-32(48(4,5)6)30-40(46(38)54)50(10,11)12;;;/h13-30,53-54H,1-12H3;2*1H3;/q;;;+2/p-2. The van der Waals surface area contributed by atoms with Gasteiger partial charge in [0, 0.05) is 11.1 Å². The Bertz CT molecular complexity index is 2200. The Morgan fingerprint density at radius 1 is 0.368 bits per heavy atom. The minimum absolute atomic E-state index is 0.0519. The Morgan fingerprint density at radius 3 is 0.965 bits per heavy atom. The van der Waals surface area contributed by atoms with Crippen molar-refractivity contribution in [3.8, 4) is 67.7 Å². The van der Waals surface area contributed by atoms with Gasteiger partial charge in [-0.15, -0.1) is 0 Å². The van der Waals surface area contributed by atoms with E-state index in [4.69, 9.17) is 9.97 Å². The minimum atomic E-state index is -0.310. The SMILES string of the molecule is CC(C)(C)c1cc(-c2ccccc2-c2cccc(-c3cccc(-c4ccccc4-c4cc(C(C)(C)C)cc(C(C)(C)C)c4[O-])n3)n2)c([O-])c(C(C)(C)C)c1.[CH3][Zr+2][CH3]. The van der Waals surface area contributed by atoms with Crippen LogP contribution < -0.4 is 10.2 Å². The van der Waals surface area contributed by atoms with Crippen molar-refractivity contribution >= 4 is 0 Å². The summed E-state index contributed by atoms with van der Waals surface area (Å²) in [6, 6.07) is 36.3. The van der Waals surface area contributed by atoms with Gasteiger partial charge in [-0.2, -0.15) is 0 Å². The summed E-state index contributed by atoms with van der Waals surface area (Å²) in [5, 5.41) is 28.4. The van der Waals surface area contributed by atoms with Crippen LogP contribution in [0.1, 0.15) is 105 Å². The van der Waals surface area contributed by atoms with E-state index in [-0.39, 0.29) is 56.4 Å². The molecule has 0 aliphatic heterocycles. The van der Waals surface area contributed by atoms with E-state index < -0.39 is 0 Å². The van der Waals surface area contributed by atoms with E-state index in [1.54, 1.807) is 0 Å². The first-order chi connectivity index (χ1) is 26.6. The first kappa shape index (κ1) is 43.8. The van der Waals surface area contributed by atoms with Crippen LogP contribution in [0, 0.1) is 0 Å². The molecule has 0 saturated carbocycles. The molecule has 6 rings (SSSR count). The van der Waals surface area contributed by atoms with Crippen LogP contribution in [0.15, 0.2) is 109 Å². The third-order valence-electron chi connectivity index (χ3n) is 10.3. The van der Waals surface area contributed by atoms with Gasteiger partial charge in [0.2, 0.25) is 0 Å². The Kier molecular flexibility index (Phi) is 13.0. The predicted molar refractivity (Wildman–Crippen MR) is 235 cm³/mol. The molecule has 6 aromatic rings. The molecule has 4 nitrogen and oxygen atoms in total. The number of pyridine rings is 2. The van der Waals surface area contributed by atoms with Crippen LogP contribution in [-0.2, 0) is 44.9 Å². The van der Waals surface area contributed by atoms with Gasteiger partial charge in [-0.3, -0.25) is 0 Å². The third-order valence-corrected chi connectivity index (χ3v) is 10.3. The molecule has 0 unspecified atom stereocenters. The van der Waals surface area contributed by atoms with Crippen molar-refractivity contribution < 1.29 is 33.4 Å². The molecule has 0 N–H and O–H groups in total. The van der Waals surface area contributed by atoms with E-state index in [1.165, 1.54) is 0 Å². The van der Waals surface area contributed by atoms with E-state index in [9.17, 15) is 10.2 Å². The molecule has 294 valence electrons. The zero-order chi connectivity index (χ0) is 42.1. The zero-order valence-corrected chi connectivity index (χ0v) is 39.1. The van der Waals surface area contributed by atoms with Gasteiger partial charge in [-0.1, -0.05) is 180 Å². The van der Waals surface area contributed by atoms with E-state index in [0.717, 1.165) is 67.3 Å². The van der Waals surface area contributed by atoms with E-state index >= 15 is 0 Å². The van der Waals surface area contributed by atoms with Gasteiger partial charge in [0.1, 0.15) is 0 Å². The average Bonchev–Trinajstić information content (AvgIpc) is 3.13. The first-order valence-electron chi connectivity index (χ1n) is 20.0. The van der Waals surface area contributed by atoms with Gasteiger partial charge in [0.25, 0.3) is 0 Å². The van der Waals surface area contributed by atoms with Crippen molar-refractivity contribution in [2.75, 3.05) is 0 Å². The summed E-state index contributed by atoms with van der Waals surface area (Å²) in [6.07, 6.45) is 0. The van der Waals surface area contributed by atoms with Crippen LogP contribution in [0.25, 0.3) is 56.2 Å². The fourth-order valence-corrected chi connectivity index (χ4v) is 6.98. The Hall–Kier alpha value is -4.34. The molecule has 0 aliphatic carbocycles. The number of aromatic nitrogens is 2. The van der Waals surface area contributed by atoms with E-state index in [2.05, 4.69) is 117 Å². The van der Waals surface area contributed by atoms with E-state index in [1.807, 2.05) is 84.9 Å². The number of nitrogens with zero attached hydrogens (tertiary/aromatic N) is 2. The summed E-state index contributed by atoms with van der Waals surface area (Å²) >= 11 is 0.230. The summed E-state index contributed by atoms with van der Waals surface area (Å²) in [5.41, 5.74) is 10.8. The number of benzene rings is 4. The molecular weight excluding hydrogens is 776 g/mol. The monoisotopic (exact) mass is 834 g/mol. The topological polar surface area (TPSA) is 71.9 Å². The van der Waals surface area contributed by atoms with Crippen molar-refractivity contribution in [3.05, 3.63) is 131 Å². The summed E-state index contributed by atoms with van der Waals surface area (Å²) in [5.74, 6) is 0.104. The first-order valence-corrected chi connectivity index (χ1v) is 24.9. The second-order valence-electron chi connectivity index (χ2n) is 19.2. The fraction of sp³-hybridized carbons (Fsp3) is 0.346. The average molecular weight is 836 g/mol. The van der Waals surface area contributed by atoms with Gasteiger partial charge < -0.3 is 10.2 Å². The van der Waals surface area contributed by atoms with Gasteiger partial charge in [0.05, 0.1) is 22.8 Å². The summed E-state index contributed by atoms with van der Waals surface area (Å²) < 4.78 is 4.59. The van der Waals surface area contributed by atoms with Gasteiger partial charge in [0.15, 0.2) is 0 Å². The Morgan fingerprint density at radius 2 is 0.667 bits per heavy atom. The molecule has 5 heteroatoms. The summed E-state index contributed by atoms with van der Waals surface area (Å²) in [4.78, 5) is 10.3. The predicted octanol–water partition coefficient (Wildman–Crippen LogP) is 13.3. The van der Waals surface area contributed by atoms with Crippen molar-refractivity contribution in [1.82, 2.24) is 9.97 Å². The molecule has 0 fully saturated rings. The van der Waals surface area contributed by atoms with Crippen LogP contribution in [0.3, 0.4) is 0 Å². The molecular formula is C52H60N2O2Zr. The zero-order valence-electron chi connectivity index (χ0n) is 36.6. The number of hydrogen-bond acceptors (Lipinski definition) is 4. The molecule has 4 aromatic carbocycles. The molecule has 2 aromatic heterocycles. The fourth-order valence-electron chi connectivity index (χ4n) is 6.98. The molecule has 2 heterocycles. The van der Waals surface area contributed by atoms with Crippen LogP contribution in [0.5, 0.6) is 11.5 Å². The molecule has 0 amide bonds. The van der Waals surface area contributed by atoms with Gasteiger partial charge in [-0.05, 0) is 90.4 Å². The summed E-state index contributed by atoms with van der Waals surface area (Å²) in [6.45, 7) is 25.7. The van der Waals surface area contributed by atoms with Crippen LogP contribution in [0.2, 0.25) is 9.26 Å². The van der Waals surface area contributed by atoms with Gasteiger partial charge in [-0.25, -0.2) is 9.97 Å². The molecule has 0 radical (unpaired) electrons. The molecule has 57 heavy (non-hydrogen) atoms. The van der Waals surface area contributed by atoms with Crippen molar-refractivity contribution in [2.24, 2.45) is 0 Å². The van der Waals surface area contributed by atoms with Crippen molar-refractivity contribution in [1.29, 1.82) is 0 Å². The molecule has 0 spiro atoms. The normalized spacial score (nSPS) is 12.1. The molecule has 0 saturated heterocycles. The van der Waals surface area contributed by atoms with Gasteiger partial charge >= 0.3 is 32.5 Å². The van der Waals surface area contributed by atoms with Crippen LogP contribution in [0.4, 0.5) is 0 Å². The van der Waals surface area contributed by atoms with Crippen LogP contribution in [-0.4, -0.2) is 9.97 Å². The summed E-state index contributed by atoms with van der Waals surface area (Å²) in [7, 11) is 0. The Labute approximate surface area is 354 Å². The number of hydrogen-bond donors (Lipinski definition) is 0. The second kappa shape index (κ2) is 16.9. The molecule has 0 atom stereocenters. The Balaban J connectivity index is 0.00000200. The second-order valence-corrected chi connectivity index (χ2v) is 21.7. The molecule has 0 aliphatic rings. The van der Waals surface area contributed by atoms with Crippen molar-refractivity contribution in [2.45, 2.75) is 114 Å². The third kappa shape index (κ3) is 9.86. The maximum atomic E-state index is 14.2. The quantitative estimate of drug-likeness (QED) is 0.173. The van der Waals surface area contributed by atoms with Crippen LogP contribution >= 0.6 is 0 Å². The number of rotatable bonds is 5. The van der Waals surface area contributed by atoms with E-state index in [0.29, 0.717) is 11.1 Å². The molecule has 0 bridgehead atoms. The maximum absolute atomic E-state index is 14.2.